The van der Waals surface area contributed by atoms with E-state index in [0.29, 0.717) is 0 Å². The monoisotopic (exact) mass is 329 g/mol. The zero-order valence-electron chi connectivity index (χ0n) is 14.3. The predicted octanol–water partition coefficient (Wildman–Crippen LogP) is 5.73. The molecule has 2 rings (SSSR count). The summed E-state index contributed by atoms with van der Waals surface area (Å²) in [5.41, 5.74) is 3.59. The maximum atomic E-state index is 12.1. The Balaban J connectivity index is 2.37. The first-order chi connectivity index (χ1) is 10.8. The van der Waals surface area contributed by atoms with Crippen molar-refractivity contribution in [2.75, 3.05) is 11.6 Å². The van der Waals surface area contributed by atoms with Gasteiger partial charge in [-0.15, -0.1) is 11.8 Å². The van der Waals surface area contributed by atoms with Crippen molar-refractivity contribution in [2.45, 2.75) is 38.2 Å². The van der Waals surface area contributed by atoms with E-state index in [9.17, 15) is 4.79 Å². The van der Waals surface area contributed by atoms with Crippen LogP contribution in [0, 0.1) is 6.92 Å². The Kier molecular flexibility index (Phi) is 5.37. The van der Waals surface area contributed by atoms with Gasteiger partial charge in [0, 0.05) is 4.90 Å². The lowest BCUT2D eigenvalue weighted by molar-refractivity contribution is 0.0635. The number of benzene rings is 2. The molecule has 4 heteroatoms. The highest BCUT2D eigenvalue weighted by molar-refractivity contribution is 7.98. The number of amides is 1. The molecule has 0 spiro atoms. The molecule has 2 aromatic carbocycles. The highest BCUT2D eigenvalue weighted by Gasteiger charge is 2.18. The van der Waals surface area contributed by atoms with Gasteiger partial charge in [-0.25, -0.2) is 4.79 Å². The van der Waals surface area contributed by atoms with Gasteiger partial charge in [-0.3, -0.25) is 5.32 Å². The van der Waals surface area contributed by atoms with Gasteiger partial charge < -0.3 is 4.74 Å². The Morgan fingerprint density at radius 1 is 1.09 bits per heavy atom. The fourth-order valence-corrected chi connectivity index (χ4v) is 3.06. The number of aryl methyl sites for hydroxylation is 1. The molecule has 0 atom stereocenters. The van der Waals surface area contributed by atoms with Crippen LogP contribution < -0.4 is 5.32 Å². The molecule has 0 aromatic heterocycles. The lowest BCUT2D eigenvalue weighted by atomic mass is 10.0. The summed E-state index contributed by atoms with van der Waals surface area (Å²) in [5.74, 6) is 0. The van der Waals surface area contributed by atoms with Gasteiger partial charge in [0.05, 0.1) is 5.69 Å². The fourth-order valence-electron chi connectivity index (χ4n) is 2.35. The van der Waals surface area contributed by atoms with Crippen LogP contribution in [0.5, 0.6) is 0 Å². The molecule has 3 nitrogen and oxygen atoms in total. The van der Waals surface area contributed by atoms with E-state index in [4.69, 9.17) is 4.74 Å². The van der Waals surface area contributed by atoms with Crippen LogP contribution in [0.1, 0.15) is 26.3 Å². The number of hydrogen-bond donors (Lipinski definition) is 1. The second-order valence-corrected chi connectivity index (χ2v) is 7.18. The largest absolute Gasteiger partial charge is 0.444 e. The third kappa shape index (κ3) is 4.76. The van der Waals surface area contributed by atoms with Crippen molar-refractivity contribution in [1.82, 2.24) is 0 Å². The van der Waals surface area contributed by atoms with Crippen LogP contribution in [0.4, 0.5) is 10.5 Å². The molecule has 0 bridgehead atoms. The summed E-state index contributed by atoms with van der Waals surface area (Å²) in [6.07, 6.45) is 1.57. The third-order valence-electron chi connectivity index (χ3n) is 3.22. The predicted molar refractivity (Wildman–Crippen MR) is 98.3 cm³/mol. The molecule has 1 N–H and O–H groups in total. The van der Waals surface area contributed by atoms with E-state index in [0.717, 1.165) is 27.3 Å². The molecule has 0 unspecified atom stereocenters. The van der Waals surface area contributed by atoms with E-state index in [-0.39, 0.29) is 0 Å². The minimum atomic E-state index is -0.518. The van der Waals surface area contributed by atoms with Crippen molar-refractivity contribution < 1.29 is 9.53 Å². The molecule has 0 fully saturated rings. The molecule has 0 radical (unpaired) electrons. The van der Waals surface area contributed by atoms with Crippen molar-refractivity contribution in [2.24, 2.45) is 0 Å². The molecule has 0 aliphatic carbocycles. The van der Waals surface area contributed by atoms with E-state index in [1.54, 1.807) is 11.8 Å². The summed E-state index contributed by atoms with van der Waals surface area (Å²) in [5, 5.41) is 2.89. The van der Waals surface area contributed by atoms with Crippen LogP contribution >= 0.6 is 11.8 Å². The SMILES string of the molecule is CSc1c(C)cc(-c2ccccc2)cc1NC(=O)OC(C)(C)C. The minimum absolute atomic E-state index is 0.433. The van der Waals surface area contributed by atoms with Crippen LogP contribution in [0.3, 0.4) is 0 Å². The zero-order chi connectivity index (χ0) is 17.0. The number of rotatable bonds is 3. The minimum Gasteiger partial charge on any atom is -0.444 e. The molecule has 0 heterocycles. The molecule has 0 saturated heterocycles. The van der Waals surface area contributed by atoms with Gasteiger partial charge in [0.1, 0.15) is 5.60 Å². The summed E-state index contributed by atoms with van der Waals surface area (Å²) in [4.78, 5) is 13.2. The molecule has 0 aliphatic heterocycles. The molecule has 0 saturated carbocycles. The van der Waals surface area contributed by atoms with E-state index in [1.165, 1.54) is 0 Å². The van der Waals surface area contributed by atoms with Crippen LogP contribution in [0.15, 0.2) is 47.4 Å². The van der Waals surface area contributed by atoms with Gasteiger partial charge in [0.2, 0.25) is 0 Å². The maximum Gasteiger partial charge on any atom is 0.412 e. The topological polar surface area (TPSA) is 38.3 Å². The lowest BCUT2D eigenvalue weighted by Crippen LogP contribution is -2.27. The molecule has 1 amide bonds. The Bertz CT molecular complexity index is 691. The van der Waals surface area contributed by atoms with Crippen LogP contribution in [-0.4, -0.2) is 18.0 Å². The Morgan fingerprint density at radius 2 is 1.74 bits per heavy atom. The van der Waals surface area contributed by atoms with Gasteiger partial charge in [-0.1, -0.05) is 36.4 Å². The number of carbonyl (C=O) groups is 1. The standard InChI is InChI=1S/C19H23NO2S/c1-13-11-15(14-9-7-6-8-10-14)12-16(17(13)23-5)20-18(21)22-19(2,3)4/h6-12H,1-5H3,(H,20,21). The van der Waals surface area contributed by atoms with Gasteiger partial charge in [0.15, 0.2) is 0 Å². The first-order valence-corrected chi connectivity index (χ1v) is 8.76. The Morgan fingerprint density at radius 3 is 2.30 bits per heavy atom. The van der Waals surface area contributed by atoms with Gasteiger partial charge in [-0.2, -0.15) is 0 Å². The number of ether oxygens (including phenoxy) is 1. The average molecular weight is 329 g/mol. The molecular weight excluding hydrogens is 306 g/mol. The number of thioether (sulfide) groups is 1. The number of hydrogen-bond acceptors (Lipinski definition) is 3. The molecule has 2 aromatic rings. The van der Waals surface area contributed by atoms with Crippen molar-refractivity contribution in [3.05, 3.63) is 48.0 Å². The van der Waals surface area contributed by atoms with E-state index in [2.05, 4.69) is 30.4 Å². The van der Waals surface area contributed by atoms with E-state index >= 15 is 0 Å². The lowest BCUT2D eigenvalue weighted by Gasteiger charge is -2.21. The summed E-state index contributed by atoms with van der Waals surface area (Å²) in [6, 6.07) is 14.3. The normalized spacial score (nSPS) is 11.2. The highest BCUT2D eigenvalue weighted by atomic mass is 32.2. The zero-order valence-corrected chi connectivity index (χ0v) is 15.1. The van der Waals surface area contributed by atoms with Crippen LogP contribution in [0.2, 0.25) is 0 Å². The Labute approximate surface area is 142 Å². The molecule has 122 valence electrons. The van der Waals surface area contributed by atoms with E-state index < -0.39 is 11.7 Å². The summed E-state index contributed by atoms with van der Waals surface area (Å²) in [7, 11) is 0. The average Bonchev–Trinajstić information content (AvgIpc) is 2.46. The first kappa shape index (κ1) is 17.4. The number of nitrogens with one attached hydrogen (secondary N) is 1. The van der Waals surface area contributed by atoms with Crippen molar-refractivity contribution in [3.8, 4) is 11.1 Å². The van der Waals surface area contributed by atoms with Gasteiger partial charge in [0.25, 0.3) is 0 Å². The van der Waals surface area contributed by atoms with Crippen molar-refractivity contribution in [1.29, 1.82) is 0 Å². The third-order valence-corrected chi connectivity index (χ3v) is 4.17. The van der Waals surface area contributed by atoms with Crippen LogP contribution in [0.25, 0.3) is 11.1 Å². The summed E-state index contributed by atoms with van der Waals surface area (Å²) < 4.78 is 5.37. The van der Waals surface area contributed by atoms with Gasteiger partial charge in [-0.05, 0) is 56.7 Å². The second kappa shape index (κ2) is 7.09. The highest BCUT2D eigenvalue weighted by Crippen LogP contribution is 2.34. The van der Waals surface area contributed by atoms with Crippen molar-refractivity contribution >= 4 is 23.5 Å². The smallest absolute Gasteiger partial charge is 0.412 e. The number of anilines is 1. The summed E-state index contributed by atoms with van der Waals surface area (Å²) in [6.45, 7) is 7.62. The molecule has 0 aliphatic rings. The first-order valence-electron chi connectivity index (χ1n) is 7.54. The fraction of sp³-hybridized carbons (Fsp3) is 0.316. The van der Waals surface area contributed by atoms with Gasteiger partial charge >= 0.3 is 6.09 Å². The maximum absolute atomic E-state index is 12.1. The van der Waals surface area contributed by atoms with E-state index in [1.807, 2.05) is 51.3 Å². The number of carbonyl (C=O) groups excluding carboxylic acids is 1. The Hall–Kier alpha value is -1.94. The second-order valence-electron chi connectivity index (χ2n) is 6.37. The van der Waals surface area contributed by atoms with Crippen molar-refractivity contribution in [3.63, 3.8) is 0 Å². The molecule has 23 heavy (non-hydrogen) atoms. The van der Waals surface area contributed by atoms with Crippen LogP contribution in [-0.2, 0) is 4.74 Å². The quantitative estimate of drug-likeness (QED) is 0.731. The summed E-state index contributed by atoms with van der Waals surface area (Å²) >= 11 is 1.62. The molecular formula is C19H23NO2S.